The number of aryl methyl sites for hydroxylation is 1. The smallest absolute Gasteiger partial charge is 0.255 e. The number of para-hydroxylation sites is 1. The van der Waals surface area contributed by atoms with Crippen LogP contribution in [0.15, 0.2) is 54.6 Å². The van der Waals surface area contributed by atoms with Crippen molar-refractivity contribution in [2.75, 3.05) is 25.1 Å². The van der Waals surface area contributed by atoms with E-state index in [0.29, 0.717) is 48.3 Å². The molecule has 0 bridgehead atoms. The van der Waals surface area contributed by atoms with Crippen LogP contribution in [-0.4, -0.2) is 30.7 Å². The fourth-order valence-corrected chi connectivity index (χ4v) is 4.75. The number of thiazole rings is 1. The topological polar surface area (TPSA) is 69.7 Å². The van der Waals surface area contributed by atoms with Crippen molar-refractivity contribution in [3.63, 3.8) is 0 Å². The highest BCUT2D eigenvalue weighted by atomic mass is 32.1. The fourth-order valence-electron chi connectivity index (χ4n) is 3.69. The number of hydrogen-bond donors (Lipinski definition) is 1. The number of amides is 1. The van der Waals surface area contributed by atoms with Gasteiger partial charge in [-0.3, -0.25) is 4.79 Å². The Labute approximate surface area is 203 Å². The number of carbonyl (C=O) groups is 1. The maximum atomic E-state index is 13.1. The predicted molar refractivity (Wildman–Crippen MR) is 138 cm³/mol. The summed E-state index contributed by atoms with van der Waals surface area (Å²) in [5.41, 5.74) is 4.22. The first-order valence-corrected chi connectivity index (χ1v) is 12.2. The normalized spacial score (nSPS) is 10.8. The second-order valence-electron chi connectivity index (χ2n) is 7.57. The number of hydrogen-bond acceptors (Lipinski definition) is 6. The molecule has 6 nitrogen and oxygen atoms in total. The highest BCUT2D eigenvalue weighted by Crippen LogP contribution is 2.39. The van der Waals surface area contributed by atoms with Crippen LogP contribution in [0.5, 0.6) is 17.2 Å². The molecule has 4 aromatic rings. The lowest BCUT2D eigenvalue weighted by molar-refractivity contribution is 0.102. The zero-order valence-corrected chi connectivity index (χ0v) is 20.6. The van der Waals surface area contributed by atoms with Crippen LogP contribution >= 0.6 is 11.3 Å². The lowest BCUT2D eigenvalue weighted by Gasteiger charge is -2.17. The van der Waals surface area contributed by atoms with Crippen molar-refractivity contribution in [1.82, 2.24) is 4.98 Å². The third kappa shape index (κ3) is 4.99. The van der Waals surface area contributed by atoms with Crippen molar-refractivity contribution in [1.29, 1.82) is 0 Å². The summed E-state index contributed by atoms with van der Waals surface area (Å²) in [6.45, 7) is 9.05. The van der Waals surface area contributed by atoms with Crippen molar-refractivity contribution in [2.24, 2.45) is 0 Å². The summed E-state index contributed by atoms with van der Waals surface area (Å²) < 4.78 is 18.4. The van der Waals surface area contributed by atoms with Gasteiger partial charge in [0.05, 0.1) is 30.0 Å². The highest BCUT2D eigenvalue weighted by molar-refractivity contribution is 7.21. The molecular weight excluding hydrogens is 448 g/mol. The molecule has 3 aromatic carbocycles. The SMILES string of the molecule is CCOc1cc(C(=O)Nc2ccc(-c3nc4ccccc4s3)c(C)c2)cc(OCC)c1OCC. The quantitative estimate of drug-likeness (QED) is 0.290. The Bertz CT molecular complexity index is 1260. The van der Waals surface area contributed by atoms with Gasteiger partial charge in [0.15, 0.2) is 11.5 Å². The molecule has 0 saturated heterocycles. The van der Waals surface area contributed by atoms with E-state index in [1.807, 2.05) is 64.1 Å². The molecule has 0 radical (unpaired) electrons. The van der Waals surface area contributed by atoms with E-state index >= 15 is 0 Å². The van der Waals surface area contributed by atoms with Gasteiger partial charge in [-0.1, -0.05) is 12.1 Å². The van der Waals surface area contributed by atoms with E-state index < -0.39 is 0 Å². The van der Waals surface area contributed by atoms with Gasteiger partial charge >= 0.3 is 0 Å². The Morgan fingerprint density at radius 1 is 0.912 bits per heavy atom. The zero-order valence-electron chi connectivity index (χ0n) is 19.8. The summed E-state index contributed by atoms with van der Waals surface area (Å²) in [6.07, 6.45) is 0. The van der Waals surface area contributed by atoms with Crippen LogP contribution in [0, 0.1) is 6.92 Å². The van der Waals surface area contributed by atoms with Crippen LogP contribution in [0.2, 0.25) is 0 Å². The first-order chi connectivity index (χ1) is 16.5. The van der Waals surface area contributed by atoms with Crippen LogP contribution in [-0.2, 0) is 0 Å². The van der Waals surface area contributed by atoms with Crippen LogP contribution in [0.25, 0.3) is 20.8 Å². The largest absolute Gasteiger partial charge is 0.490 e. The molecule has 4 rings (SSSR count). The third-order valence-electron chi connectivity index (χ3n) is 5.18. The molecular formula is C27H28N2O4S. The van der Waals surface area contributed by atoms with E-state index in [9.17, 15) is 4.79 Å². The number of nitrogens with one attached hydrogen (secondary N) is 1. The van der Waals surface area contributed by atoms with Crippen molar-refractivity contribution >= 4 is 33.1 Å². The second-order valence-corrected chi connectivity index (χ2v) is 8.60. The number of nitrogens with zero attached hydrogens (tertiary/aromatic N) is 1. The average Bonchev–Trinajstić information content (AvgIpc) is 3.25. The summed E-state index contributed by atoms with van der Waals surface area (Å²) >= 11 is 1.66. The standard InChI is InChI=1S/C27H28N2O4S/c1-5-31-22-15-18(16-23(32-6-2)25(22)33-7-3)26(30)28-19-12-13-20(17(4)14-19)27-29-21-10-8-9-11-24(21)34-27/h8-16H,5-7H2,1-4H3,(H,28,30). The average molecular weight is 477 g/mol. The molecule has 1 N–H and O–H groups in total. The summed E-state index contributed by atoms with van der Waals surface area (Å²) in [5, 5.41) is 3.95. The molecule has 0 aliphatic carbocycles. The van der Waals surface area contributed by atoms with Gasteiger partial charge in [-0.25, -0.2) is 4.98 Å². The molecule has 1 amide bonds. The maximum absolute atomic E-state index is 13.1. The van der Waals surface area contributed by atoms with Crippen LogP contribution in [0.3, 0.4) is 0 Å². The van der Waals surface area contributed by atoms with Gasteiger partial charge < -0.3 is 19.5 Å². The van der Waals surface area contributed by atoms with Gasteiger partial charge in [0.2, 0.25) is 5.75 Å². The van der Waals surface area contributed by atoms with E-state index in [0.717, 1.165) is 26.4 Å². The number of carbonyl (C=O) groups excluding carboxylic acids is 1. The van der Waals surface area contributed by atoms with E-state index in [1.165, 1.54) is 0 Å². The van der Waals surface area contributed by atoms with E-state index in [1.54, 1.807) is 23.5 Å². The van der Waals surface area contributed by atoms with Crippen LogP contribution in [0.1, 0.15) is 36.7 Å². The Morgan fingerprint density at radius 3 is 2.21 bits per heavy atom. The van der Waals surface area contributed by atoms with Crippen molar-refractivity contribution in [3.05, 3.63) is 65.7 Å². The minimum absolute atomic E-state index is 0.253. The van der Waals surface area contributed by atoms with Crippen LogP contribution in [0.4, 0.5) is 5.69 Å². The molecule has 0 aliphatic heterocycles. The number of anilines is 1. The lowest BCUT2D eigenvalue weighted by Crippen LogP contribution is -2.13. The van der Waals surface area contributed by atoms with E-state index in [2.05, 4.69) is 11.4 Å². The Morgan fingerprint density at radius 2 is 1.59 bits per heavy atom. The summed E-state index contributed by atoms with van der Waals surface area (Å²) in [5.74, 6) is 1.24. The maximum Gasteiger partial charge on any atom is 0.255 e. The van der Waals surface area contributed by atoms with Crippen molar-refractivity contribution in [2.45, 2.75) is 27.7 Å². The number of ether oxygens (including phenoxy) is 3. The van der Waals surface area contributed by atoms with E-state index in [4.69, 9.17) is 19.2 Å². The minimum Gasteiger partial charge on any atom is -0.490 e. The molecule has 34 heavy (non-hydrogen) atoms. The fraction of sp³-hybridized carbons (Fsp3) is 0.259. The Balaban J connectivity index is 1.60. The number of aromatic nitrogens is 1. The molecule has 1 heterocycles. The molecule has 0 aliphatic rings. The first kappa shape index (κ1) is 23.6. The Kier molecular flexibility index (Phi) is 7.33. The second kappa shape index (κ2) is 10.6. The number of fused-ring (bicyclic) bond motifs is 1. The zero-order chi connectivity index (χ0) is 24.1. The van der Waals surface area contributed by atoms with Gasteiger partial charge in [-0.05, 0) is 75.7 Å². The monoisotopic (exact) mass is 476 g/mol. The molecule has 7 heteroatoms. The number of rotatable bonds is 9. The van der Waals surface area contributed by atoms with Crippen LogP contribution < -0.4 is 19.5 Å². The third-order valence-corrected chi connectivity index (χ3v) is 6.25. The molecule has 0 saturated carbocycles. The van der Waals surface area contributed by atoms with Crippen molar-refractivity contribution in [3.8, 4) is 27.8 Å². The molecule has 0 unspecified atom stereocenters. The summed E-state index contributed by atoms with van der Waals surface area (Å²) in [4.78, 5) is 17.9. The van der Waals surface area contributed by atoms with Gasteiger partial charge in [0.25, 0.3) is 5.91 Å². The number of benzene rings is 3. The first-order valence-electron chi connectivity index (χ1n) is 11.4. The molecule has 0 fully saturated rings. The molecule has 176 valence electrons. The lowest BCUT2D eigenvalue weighted by atomic mass is 10.1. The van der Waals surface area contributed by atoms with Gasteiger partial charge in [-0.2, -0.15) is 0 Å². The van der Waals surface area contributed by atoms with E-state index in [-0.39, 0.29) is 5.91 Å². The Hall–Kier alpha value is -3.58. The minimum atomic E-state index is -0.253. The summed E-state index contributed by atoms with van der Waals surface area (Å²) in [6, 6.07) is 17.3. The van der Waals surface area contributed by atoms with Gasteiger partial charge in [-0.15, -0.1) is 11.3 Å². The van der Waals surface area contributed by atoms with Crippen molar-refractivity contribution < 1.29 is 19.0 Å². The molecule has 1 aromatic heterocycles. The van der Waals surface area contributed by atoms with Gasteiger partial charge in [0.1, 0.15) is 5.01 Å². The predicted octanol–water partition coefficient (Wildman–Crippen LogP) is 6.72. The highest BCUT2D eigenvalue weighted by Gasteiger charge is 2.19. The summed E-state index contributed by atoms with van der Waals surface area (Å²) in [7, 11) is 0. The van der Waals surface area contributed by atoms with Gasteiger partial charge in [0, 0.05) is 16.8 Å². The molecule has 0 atom stereocenters. The molecule has 0 spiro atoms.